The van der Waals surface area contributed by atoms with Gasteiger partial charge in [0.05, 0.1) is 0 Å². The van der Waals surface area contributed by atoms with Crippen LogP contribution >= 0.6 is 0 Å². The van der Waals surface area contributed by atoms with Crippen LogP contribution < -0.4 is 0 Å². The Morgan fingerprint density at radius 2 is 1.21 bits per heavy atom. The third kappa shape index (κ3) is 4.55. The Hall–Kier alpha value is -2.34. The van der Waals surface area contributed by atoms with Gasteiger partial charge in [-0.25, -0.2) is 0 Å². The van der Waals surface area contributed by atoms with Crippen molar-refractivity contribution >= 4 is 0 Å². The van der Waals surface area contributed by atoms with Crippen LogP contribution in [0.25, 0.3) is 22.3 Å². The predicted molar refractivity (Wildman–Crippen MR) is 124 cm³/mol. The van der Waals surface area contributed by atoms with Gasteiger partial charge in [0.25, 0.3) is 0 Å². The first-order chi connectivity index (χ1) is 13.2. The molecule has 3 aromatic carbocycles. The largest absolute Gasteiger partial charge is 0.0622 e. The summed E-state index contributed by atoms with van der Waals surface area (Å²) < 4.78 is 0. The van der Waals surface area contributed by atoms with Crippen molar-refractivity contribution in [3.8, 4) is 22.3 Å². The van der Waals surface area contributed by atoms with Crippen LogP contribution in [0.15, 0.2) is 72.8 Å². The molecule has 146 valence electrons. The number of benzene rings is 3. The van der Waals surface area contributed by atoms with Gasteiger partial charge in [0.1, 0.15) is 0 Å². The third-order valence-electron chi connectivity index (χ3n) is 5.50. The molecule has 0 saturated heterocycles. The van der Waals surface area contributed by atoms with E-state index in [-0.39, 0.29) is 5.41 Å². The van der Waals surface area contributed by atoms with E-state index in [4.69, 9.17) is 0 Å². The fraction of sp³-hybridized carbons (Fsp3) is 0.357. The molecule has 28 heavy (non-hydrogen) atoms. The minimum absolute atomic E-state index is 0.126. The van der Waals surface area contributed by atoms with Crippen molar-refractivity contribution in [1.29, 1.82) is 0 Å². The first-order valence-electron chi connectivity index (χ1n) is 10.5. The van der Waals surface area contributed by atoms with E-state index >= 15 is 0 Å². The van der Waals surface area contributed by atoms with Crippen LogP contribution in [0, 0.1) is 5.41 Å². The molecule has 0 N–H and O–H groups in total. The lowest BCUT2D eigenvalue weighted by atomic mass is 9.71. The Balaban J connectivity index is 2.27. The van der Waals surface area contributed by atoms with Crippen molar-refractivity contribution in [2.75, 3.05) is 0 Å². The van der Waals surface area contributed by atoms with Crippen LogP contribution in [0.2, 0.25) is 0 Å². The van der Waals surface area contributed by atoms with Crippen LogP contribution in [-0.4, -0.2) is 0 Å². The standard InChI is InChI=1S/C28H34/c1-7-21-18-24(28(5,6)20-27(2,3)4)19-25(22-14-10-8-11-15-22)26(21)23-16-12-9-13-17-23/h8-19H,7,20H2,1-6H3. The highest BCUT2D eigenvalue weighted by Gasteiger charge is 2.29. The highest BCUT2D eigenvalue weighted by atomic mass is 14.3. The number of rotatable bonds is 5. The monoisotopic (exact) mass is 370 g/mol. The SMILES string of the molecule is CCc1cc(C(C)(C)CC(C)(C)C)cc(-c2ccccc2)c1-c1ccccc1. The molecule has 0 radical (unpaired) electrons. The van der Waals surface area contributed by atoms with Crippen LogP contribution in [-0.2, 0) is 11.8 Å². The lowest BCUT2D eigenvalue weighted by Gasteiger charge is -2.34. The van der Waals surface area contributed by atoms with Crippen molar-refractivity contribution in [2.45, 2.75) is 59.8 Å². The minimum atomic E-state index is 0.126. The van der Waals surface area contributed by atoms with Crippen LogP contribution in [0.5, 0.6) is 0 Å². The first-order valence-corrected chi connectivity index (χ1v) is 10.5. The molecule has 0 aliphatic heterocycles. The second-order valence-electron chi connectivity index (χ2n) is 9.76. The van der Waals surface area contributed by atoms with Crippen molar-refractivity contribution in [3.63, 3.8) is 0 Å². The molecule has 0 atom stereocenters. The van der Waals surface area contributed by atoms with Gasteiger partial charge in [-0.1, -0.05) is 108 Å². The Kier molecular flexibility index (Phi) is 5.79. The maximum atomic E-state index is 2.46. The zero-order valence-corrected chi connectivity index (χ0v) is 18.3. The van der Waals surface area contributed by atoms with Gasteiger partial charge in [-0.15, -0.1) is 0 Å². The quantitative estimate of drug-likeness (QED) is 0.423. The molecule has 0 saturated carbocycles. The maximum Gasteiger partial charge on any atom is -0.00732 e. The summed E-state index contributed by atoms with van der Waals surface area (Å²) in [5.41, 5.74) is 8.62. The van der Waals surface area contributed by atoms with Gasteiger partial charge < -0.3 is 0 Å². The first kappa shape index (κ1) is 20.4. The molecule has 0 nitrogen and oxygen atoms in total. The lowest BCUT2D eigenvalue weighted by molar-refractivity contribution is 0.284. The molecular formula is C28H34. The smallest absolute Gasteiger partial charge is 0.00732 e. The fourth-order valence-electron chi connectivity index (χ4n) is 4.59. The highest BCUT2D eigenvalue weighted by molar-refractivity contribution is 5.86. The molecule has 0 unspecified atom stereocenters. The van der Waals surface area contributed by atoms with E-state index in [0.717, 1.165) is 12.8 Å². The Bertz CT molecular complexity index is 910. The number of hydrogen-bond acceptors (Lipinski definition) is 0. The normalized spacial score (nSPS) is 12.2. The summed E-state index contributed by atoms with van der Waals surface area (Å²) in [6, 6.07) is 26.6. The van der Waals surface area contributed by atoms with E-state index in [1.54, 1.807) is 0 Å². The Labute approximate surface area is 171 Å². The molecule has 0 amide bonds. The van der Waals surface area contributed by atoms with Gasteiger partial charge in [-0.3, -0.25) is 0 Å². The van der Waals surface area contributed by atoms with Crippen molar-refractivity contribution in [3.05, 3.63) is 83.9 Å². The van der Waals surface area contributed by atoms with E-state index in [9.17, 15) is 0 Å². The van der Waals surface area contributed by atoms with Gasteiger partial charge in [0, 0.05) is 0 Å². The maximum absolute atomic E-state index is 2.46. The number of hydrogen-bond donors (Lipinski definition) is 0. The summed E-state index contributed by atoms with van der Waals surface area (Å²) in [7, 11) is 0. The second-order valence-corrected chi connectivity index (χ2v) is 9.76. The van der Waals surface area contributed by atoms with Crippen LogP contribution in [0.3, 0.4) is 0 Å². The molecule has 0 heteroatoms. The van der Waals surface area contributed by atoms with Gasteiger partial charge in [0.2, 0.25) is 0 Å². The molecule has 3 rings (SSSR count). The van der Waals surface area contributed by atoms with Crippen molar-refractivity contribution < 1.29 is 0 Å². The van der Waals surface area contributed by atoms with E-state index < -0.39 is 0 Å². The van der Waals surface area contributed by atoms with Crippen LogP contribution in [0.1, 0.15) is 59.1 Å². The Morgan fingerprint density at radius 1 is 0.679 bits per heavy atom. The summed E-state index contributed by atoms with van der Waals surface area (Å²) in [5.74, 6) is 0. The molecule has 3 aromatic rings. The third-order valence-corrected chi connectivity index (χ3v) is 5.50. The van der Waals surface area contributed by atoms with E-state index in [1.807, 2.05) is 0 Å². The average molecular weight is 371 g/mol. The molecule has 0 bridgehead atoms. The summed E-state index contributed by atoms with van der Waals surface area (Å²) in [6.07, 6.45) is 2.19. The lowest BCUT2D eigenvalue weighted by Crippen LogP contribution is -2.25. The van der Waals surface area contributed by atoms with E-state index in [2.05, 4.69) is 114 Å². The molecule has 0 fully saturated rings. The van der Waals surface area contributed by atoms with E-state index in [1.165, 1.54) is 33.4 Å². The van der Waals surface area contributed by atoms with Crippen LogP contribution in [0.4, 0.5) is 0 Å². The zero-order valence-electron chi connectivity index (χ0n) is 18.3. The fourth-order valence-corrected chi connectivity index (χ4v) is 4.59. The minimum Gasteiger partial charge on any atom is -0.0622 e. The molecule has 0 spiro atoms. The van der Waals surface area contributed by atoms with Gasteiger partial charge in [-0.2, -0.15) is 0 Å². The summed E-state index contributed by atoms with van der Waals surface area (Å²) in [6.45, 7) is 14.1. The molecule has 0 aromatic heterocycles. The zero-order chi connectivity index (χ0) is 20.4. The van der Waals surface area contributed by atoms with Gasteiger partial charge in [0.15, 0.2) is 0 Å². The topological polar surface area (TPSA) is 0 Å². The molecular weight excluding hydrogens is 336 g/mol. The number of aryl methyl sites for hydroxylation is 1. The Morgan fingerprint density at radius 3 is 1.71 bits per heavy atom. The van der Waals surface area contributed by atoms with Gasteiger partial charge in [-0.05, 0) is 63.1 Å². The average Bonchev–Trinajstić information content (AvgIpc) is 2.66. The van der Waals surface area contributed by atoms with Crippen molar-refractivity contribution in [2.24, 2.45) is 5.41 Å². The summed E-state index contributed by atoms with van der Waals surface area (Å²) in [4.78, 5) is 0. The molecule has 0 aliphatic carbocycles. The summed E-state index contributed by atoms with van der Waals surface area (Å²) in [5, 5.41) is 0. The molecule has 0 aliphatic rings. The highest BCUT2D eigenvalue weighted by Crippen LogP contribution is 2.42. The summed E-state index contributed by atoms with van der Waals surface area (Å²) >= 11 is 0. The molecule has 0 heterocycles. The predicted octanol–water partition coefficient (Wildman–Crippen LogP) is 8.30. The van der Waals surface area contributed by atoms with E-state index in [0.29, 0.717) is 5.41 Å². The van der Waals surface area contributed by atoms with Crippen molar-refractivity contribution in [1.82, 2.24) is 0 Å². The van der Waals surface area contributed by atoms with Gasteiger partial charge >= 0.3 is 0 Å². The second kappa shape index (κ2) is 7.95.